The third-order valence-corrected chi connectivity index (χ3v) is 3.52. The van der Waals surface area contributed by atoms with E-state index in [4.69, 9.17) is 0 Å². The summed E-state index contributed by atoms with van der Waals surface area (Å²) in [7, 11) is -0.629. The van der Waals surface area contributed by atoms with Crippen molar-refractivity contribution in [3.05, 3.63) is 41.5 Å². The third kappa shape index (κ3) is 6.76. The molecule has 1 unspecified atom stereocenters. The molecule has 18 heavy (non-hydrogen) atoms. The molecule has 1 aliphatic carbocycles. The monoisotopic (exact) mass is 334 g/mol. The van der Waals surface area contributed by atoms with Gasteiger partial charge >= 0.3 is 72.2 Å². The van der Waals surface area contributed by atoms with Crippen molar-refractivity contribution in [2.75, 3.05) is 0 Å². The average molecular weight is 335 g/mol. The topological polar surface area (TPSA) is 29.4 Å². The van der Waals surface area contributed by atoms with Gasteiger partial charge in [0.1, 0.15) is 8.59 Å². The minimum absolute atomic E-state index is 0. The van der Waals surface area contributed by atoms with Crippen LogP contribution in [0, 0.1) is 0 Å². The Labute approximate surface area is 134 Å². The van der Waals surface area contributed by atoms with Crippen molar-refractivity contribution < 1.29 is 50.0 Å². The van der Waals surface area contributed by atoms with Crippen LogP contribution in [0.3, 0.4) is 0 Å². The van der Waals surface area contributed by atoms with Crippen LogP contribution in [0.15, 0.2) is 35.0 Å². The summed E-state index contributed by atoms with van der Waals surface area (Å²) in [6.07, 6.45) is 5.05. The molecule has 0 saturated carbocycles. The molecule has 0 aromatic heterocycles. The second-order valence-corrected chi connectivity index (χ2v) is 6.77. The Morgan fingerprint density at radius 2 is 1.89 bits per heavy atom. The van der Waals surface area contributed by atoms with Crippen LogP contribution in [0.25, 0.3) is 6.08 Å². The van der Waals surface area contributed by atoms with Crippen molar-refractivity contribution in [2.24, 2.45) is 4.63 Å². The fraction of sp³-hybridized carbons (Fsp3) is 0.250. The van der Waals surface area contributed by atoms with Gasteiger partial charge in [0, 0.05) is 0 Å². The Balaban J connectivity index is 0. The van der Waals surface area contributed by atoms with E-state index in [1.165, 1.54) is 11.1 Å². The summed E-state index contributed by atoms with van der Waals surface area (Å²) < 4.78 is 4.17. The number of nitrogens with zero attached hydrogens (tertiary/aromatic N) is 1. The molecule has 0 heterocycles. The van der Waals surface area contributed by atoms with Gasteiger partial charge in [-0.1, -0.05) is 0 Å². The number of rotatable bonds is 1. The van der Waals surface area contributed by atoms with Gasteiger partial charge in [-0.05, 0) is 13.1 Å². The van der Waals surface area contributed by atoms with Crippen molar-refractivity contribution >= 4 is 21.1 Å². The molecule has 0 saturated heterocycles. The zero-order valence-electron chi connectivity index (χ0n) is 10.2. The van der Waals surface area contributed by atoms with Crippen LogP contribution in [0.4, 0.5) is 0 Å². The fourth-order valence-corrected chi connectivity index (χ4v) is 2.13. The van der Waals surface area contributed by atoms with Gasteiger partial charge in [-0.15, -0.1) is 0 Å². The van der Waals surface area contributed by atoms with E-state index >= 15 is 0 Å². The molecule has 0 N–H and O–H groups in total. The van der Waals surface area contributed by atoms with Gasteiger partial charge in [0.25, 0.3) is 0 Å². The van der Waals surface area contributed by atoms with Gasteiger partial charge < -0.3 is 24.8 Å². The number of benzene rings is 1. The molecule has 1 aromatic rings. The first-order chi connectivity index (χ1) is 7.65. The van der Waals surface area contributed by atoms with E-state index in [1.54, 1.807) is 0 Å². The van der Waals surface area contributed by atoms with E-state index in [0.29, 0.717) is 10.6 Å². The molecular formula is C12H14Cl2NOSiTi. The van der Waals surface area contributed by atoms with E-state index in [-0.39, 0.29) is 24.8 Å². The van der Waals surface area contributed by atoms with E-state index in [9.17, 15) is 4.79 Å². The molecule has 1 aliphatic rings. The van der Waals surface area contributed by atoms with Crippen LogP contribution < -0.4 is 24.8 Å². The van der Waals surface area contributed by atoms with E-state index in [1.807, 2.05) is 13.1 Å². The van der Waals surface area contributed by atoms with Gasteiger partial charge in [0.05, 0.1) is 0 Å². The number of fused-ring (bicyclic) bond motifs is 1. The summed E-state index contributed by atoms with van der Waals surface area (Å²) >= 11 is 2.22. The Bertz CT molecular complexity index is 434. The van der Waals surface area contributed by atoms with Crippen LogP contribution >= 0.6 is 0 Å². The van der Waals surface area contributed by atoms with Crippen LogP contribution in [0.5, 0.6) is 0 Å². The molecule has 0 spiro atoms. The molecule has 95 valence electrons. The quantitative estimate of drug-likeness (QED) is 0.397. The molecule has 1 atom stereocenters. The first-order valence-corrected chi connectivity index (χ1v) is 8.43. The van der Waals surface area contributed by atoms with Crippen molar-refractivity contribution in [1.29, 1.82) is 0 Å². The normalized spacial score (nSPS) is 14.1. The summed E-state index contributed by atoms with van der Waals surface area (Å²) in [5, 5.41) is 0. The predicted molar refractivity (Wildman–Crippen MR) is 64.2 cm³/mol. The van der Waals surface area contributed by atoms with Crippen molar-refractivity contribution in [2.45, 2.75) is 17.3 Å². The first-order valence-electron chi connectivity index (χ1n) is 5.08. The molecule has 2 nitrogen and oxygen atoms in total. The molecular weight excluding hydrogens is 321 g/mol. The Morgan fingerprint density at radius 3 is 2.33 bits per heavy atom. The summed E-state index contributed by atoms with van der Waals surface area (Å²) in [5.74, 6) is 0. The molecule has 6 heteroatoms. The summed E-state index contributed by atoms with van der Waals surface area (Å²) in [6, 6.07) is 8.54. The zero-order valence-corrected chi connectivity index (χ0v) is 14.3. The summed E-state index contributed by atoms with van der Waals surface area (Å²) in [5.41, 5.74) is 2.84. The molecule has 1 aromatic carbocycles. The number of hydrogen-bond acceptors (Lipinski definition) is 1. The second kappa shape index (κ2) is 10.8. The number of carbonyl (C=O) groups excluding carboxylic acids is 1. The average Bonchev–Trinajstić information content (AvgIpc) is 2.62. The van der Waals surface area contributed by atoms with Gasteiger partial charge in [0.2, 0.25) is 6.41 Å². The number of allylic oxidation sites excluding steroid dienone is 1. The number of hydrogen-bond donors (Lipinski definition) is 0. The van der Waals surface area contributed by atoms with E-state index in [0.717, 1.165) is 0 Å². The number of amides is 1. The first kappa shape index (κ1) is 20.3. The molecule has 0 radical (unpaired) electrons. The Kier molecular flexibility index (Phi) is 12.2. The fourth-order valence-electron chi connectivity index (χ4n) is 1.35. The molecule has 2 rings (SSSR count). The molecule has 0 aliphatic heterocycles. The number of carbonyl (C=O) groups is 1. The van der Waals surface area contributed by atoms with Gasteiger partial charge in [-0.25, -0.2) is 0 Å². The van der Waals surface area contributed by atoms with Gasteiger partial charge in [0.15, 0.2) is 0 Å². The van der Waals surface area contributed by atoms with Gasteiger partial charge in [-0.3, -0.25) is 9.43 Å². The SMILES string of the molecule is C[Si](C)=NC=O.[Cl-].[Cl-].[Ti+2][CH]1C=Cc2ccccc21. The van der Waals surface area contributed by atoms with Crippen molar-refractivity contribution in [3.8, 4) is 0 Å². The summed E-state index contributed by atoms with van der Waals surface area (Å²) in [6.45, 7) is 3.91. The third-order valence-electron chi connectivity index (χ3n) is 2.11. The molecule has 1 amide bonds. The summed E-state index contributed by atoms with van der Waals surface area (Å²) in [4.78, 5) is 9.47. The molecule has 0 fully saturated rings. The predicted octanol–water partition coefficient (Wildman–Crippen LogP) is -3.03. The molecule has 0 bridgehead atoms. The maximum absolute atomic E-state index is 9.47. The zero-order chi connectivity index (χ0) is 12.0. The van der Waals surface area contributed by atoms with Crippen LogP contribution in [-0.2, 0) is 25.2 Å². The minimum atomic E-state index is -0.629. The second-order valence-electron chi connectivity index (χ2n) is 3.65. The van der Waals surface area contributed by atoms with Crippen molar-refractivity contribution in [1.82, 2.24) is 0 Å². The maximum atomic E-state index is 9.47. The van der Waals surface area contributed by atoms with Crippen LogP contribution in [0.1, 0.15) is 15.3 Å². The number of halogens is 2. The van der Waals surface area contributed by atoms with E-state index < -0.39 is 8.59 Å². The standard InChI is InChI=1S/C9H7.C3H7NOSi.2ClH.Ti/c1-2-5-9-7-3-6-8(9)4-1;1-6(2)4-3-5;;;/h1-7H;3H,1-2H3;2*1H;/q;;;;+2/p-2. The van der Waals surface area contributed by atoms with E-state index in [2.05, 4.69) is 61.5 Å². The van der Waals surface area contributed by atoms with Crippen molar-refractivity contribution in [3.63, 3.8) is 0 Å². The van der Waals surface area contributed by atoms with Crippen LogP contribution in [-0.4, -0.2) is 15.0 Å². The Hall–Kier alpha value is -0.0588. The van der Waals surface area contributed by atoms with Crippen LogP contribution in [0.2, 0.25) is 13.1 Å². The van der Waals surface area contributed by atoms with Gasteiger partial charge in [-0.2, -0.15) is 0 Å². The Morgan fingerprint density at radius 1 is 1.28 bits per heavy atom.